The zero-order valence-electron chi connectivity index (χ0n) is 9.78. The molecule has 94 valence electrons. The minimum atomic E-state index is 0. The highest BCUT2D eigenvalue weighted by atomic mass is 35.5. The molecule has 2 aliphatic heterocycles. The number of carbonyl (C=O) groups is 1. The van der Waals surface area contributed by atoms with Crippen molar-refractivity contribution in [1.29, 1.82) is 0 Å². The third-order valence-electron chi connectivity index (χ3n) is 3.16. The molecular weight excluding hydrogens is 228 g/mol. The quantitative estimate of drug-likeness (QED) is 0.746. The molecule has 0 spiro atoms. The van der Waals surface area contributed by atoms with Crippen LogP contribution in [0.4, 0.5) is 0 Å². The van der Waals surface area contributed by atoms with Crippen molar-refractivity contribution in [3.63, 3.8) is 0 Å². The van der Waals surface area contributed by atoms with Crippen molar-refractivity contribution in [3.8, 4) is 0 Å². The van der Waals surface area contributed by atoms with Gasteiger partial charge in [0.25, 0.3) is 0 Å². The monoisotopic (exact) mass is 248 g/mol. The van der Waals surface area contributed by atoms with E-state index in [2.05, 4.69) is 5.32 Å². The summed E-state index contributed by atoms with van der Waals surface area (Å²) in [5, 5.41) is 3.30. The smallest absolute Gasteiger partial charge is 0.239 e. The van der Waals surface area contributed by atoms with Crippen LogP contribution in [0.5, 0.6) is 0 Å². The Morgan fingerprint density at radius 1 is 1.44 bits per heavy atom. The Bertz CT molecular complexity index is 232. The van der Waals surface area contributed by atoms with E-state index in [0.717, 1.165) is 26.1 Å². The van der Waals surface area contributed by atoms with E-state index in [0.29, 0.717) is 6.61 Å². The van der Waals surface area contributed by atoms with Crippen LogP contribution >= 0.6 is 12.4 Å². The number of rotatable bonds is 1. The SMILES string of the molecule is CC1CN(C(=O)[C@@H]2CCCCN2)CCO1.Cl. The van der Waals surface area contributed by atoms with Gasteiger partial charge in [-0.05, 0) is 26.3 Å². The molecule has 1 N–H and O–H groups in total. The van der Waals surface area contributed by atoms with Gasteiger partial charge >= 0.3 is 0 Å². The van der Waals surface area contributed by atoms with E-state index in [1.807, 2.05) is 11.8 Å². The largest absolute Gasteiger partial charge is 0.375 e. The number of ether oxygens (including phenoxy) is 1. The second kappa shape index (κ2) is 6.42. The molecule has 0 aromatic heterocycles. The number of hydrogen-bond acceptors (Lipinski definition) is 3. The van der Waals surface area contributed by atoms with Gasteiger partial charge in [-0.15, -0.1) is 12.4 Å². The third-order valence-corrected chi connectivity index (χ3v) is 3.16. The second-order valence-electron chi connectivity index (χ2n) is 4.47. The lowest BCUT2D eigenvalue weighted by Gasteiger charge is -2.35. The fourth-order valence-electron chi connectivity index (χ4n) is 2.30. The zero-order chi connectivity index (χ0) is 10.7. The number of carbonyl (C=O) groups excluding carboxylic acids is 1. The van der Waals surface area contributed by atoms with Crippen molar-refractivity contribution in [2.24, 2.45) is 0 Å². The molecule has 2 saturated heterocycles. The van der Waals surface area contributed by atoms with Gasteiger partial charge in [-0.3, -0.25) is 4.79 Å². The summed E-state index contributed by atoms with van der Waals surface area (Å²) in [5.41, 5.74) is 0. The molecular formula is C11H21ClN2O2. The summed E-state index contributed by atoms with van der Waals surface area (Å²) in [7, 11) is 0. The lowest BCUT2D eigenvalue weighted by atomic mass is 10.0. The molecule has 4 nitrogen and oxygen atoms in total. The lowest BCUT2D eigenvalue weighted by Crippen LogP contribution is -2.53. The predicted octanol–water partition coefficient (Wildman–Crippen LogP) is 0.798. The third kappa shape index (κ3) is 3.34. The zero-order valence-corrected chi connectivity index (χ0v) is 10.6. The van der Waals surface area contributed by atoms with Gasteiger partial charge in [0.2, 0.25) is 5.91 Å². The van der Waals surface area contributed by atoms with Crippen molar-refractivity contribution in [2.75, 3.05) is 26.2 Å². The van der Waals surface area contributed by atoms with Crippen molar-refractivity contribution in [3.05, 3.63) is 0 Å². The molecule has 0 aromatic carbocycles. The molecule has 1 unspecified atom stereocenters. The van der Waals surface area contributed by atoms with Crippen molar-refractivity contribution < 1.29 is 9.53 Å². The topological polar surface area (TPSA) is 41.6 Å². The molecule has 0 saturated carbocycles. The fourth-order valence-corrected chi connectivity index (χ4v) is 2.30. The lowest BCUT2D eigenvalue weighted by molar-refractivity contribution is -0.140. The molecule has 0 aromatic rings. The molecule has 2 aliphatic rings. The van der Waals surface area contributed by atoms with Crippen LogP contribution in [0.2, 0.25) is 0 Å². The number of nitrogens with zero attached hydrogens (tertiary/aromatic N) is 1. The van der Waals surface area contributed by atoms with Crippen molar-refractivity contribution in [2.45, 2.75) is 38.3 Å². The number of nitrogens with one attached hydrogen (secondary N) is 1. The Balaban J connectivity index is 0.00000128. The first kappa shape index (κ1) is 13.7. The van der Waals surface area contributed by atoms with E-state index in [4.69, 9.17) is 4.74 Å². The van der Waals surface area contributed by atoms with Crippen LogP contribution in [0.25, 0.3) is 0 Å². The van der Waals surface area contributed by atoms with Gasteiger partial charge < -0.3 is 15.0 Å². The number of amides is 1. The average molecular weight is 249 g/mol. The summed E-state index contributed by atoms with van der Waals surface area (Å²) in [5.74, 6) is 0.268. The van der Waals surface area contributed by atoms with Gasteiger partial charge in [0.1, 0.15) is 0 Å². The van der Waals surface area contributed by atoms with Gasteiger partial charge in [-0.25, -0.2) is 0 Å². The summed E-state index contributed by atoms with van der Waals surface area (Å²) in [6.45, 7) is 5.18. The molecule has 0 radical (unpaired) electrons. The summed E-state index contributed by atoms with van der Waals surface area (Å²) < 4.78 is 5.43. The Morgan fingerprint density at radius 2 is 2.25 bits per heavy atom. The van der Waals surface area contributed by atoms with Crippen LogP contribution in [0.15, 0.2) is 0 Å². The fraction of sp³-hybridized carbons (Fsp3) is 0.909. The molecule has 2 rings (SSSR count). The highest BCUT2D eigenvalue weighted by molar-refractivity contribution is 5.85. The molecule has 16 heavy (non-hydrogen) atoms. The van der Waals surface area contributed by atoms with E-state index in [1.165, 1.54) is 12.8 Å². The normalized spacial score (nSPS) is 30.7. The molecule has 0 bridgehead atoms. The maximum absolute atomic E-state index is 12.1. The average Bonchev–Trinajstić information content (AvgIpc) is 2.29. The Labute approximate surface area is 103 Å². The second-order valence-corrected chi connectivity index (χ2v) is 4.47. The Morgan fingerprint density at radius 3 is 2.88 bits per heavy atom. The molecule has 5 heteroatoms. The Kier molecular flexibility index (Phi) is 5.52. The summed E-state index contributed by atoms with van der Waals surface area (Å²) in [6.07, 6.45) is 3.54. The standard InChI is InChI=1S/C11H20N2O2.ClH/c1-9-8-13(6-7-15-9)11(14)10-4-2-3-5-12-10;/h9-10,12H,2-8H2,1H3;1H/t9?,10-;/m0./s1. The number of piperidine rings is 1. The molecule has 1 amide bonds. The molecule has 0 aliphatic carbocycles. The van der Waals surface area contributed by atoms with Gasteiger partial charge in [0.05, 0.1) is 18.8 Å². The highest BCUT2D eigenvalue weighted by Crippen LogP contribution is 2.12. The number of halogens is 1. The van der Waals surface area contributed by atoms with Crippen LogP contribution in [0, 0.1) is 0 Å². The Hall–Kier alpha value is -0.320. The highest BCUT2D eigenvalue weighted by Gasteiger charge is 2.28. The van der Waals surface area contributed by atoms with E-state index < -0.39 is 0 Å². The first-order chi connectivity index (χ1) is 7.27. The van der Waals surface area contributed by atoms with Crippen LogP contribution in [-0.2, 0) is 9.53 Å². The minimum absolute atomic E-state index is 0. The van der Waals surface area contributed by atoms with E-state index in [9.17, 15) is 4.79 Å². The summed E-state index contributed by atoms with van der Waals surface area (Å²) >= 11 is 0. The summed E-state index contributed by atoms with van der Waals surface area (Å²) in [4.78, 5) is 14.0. The van der Waals surface area contributed by atoms with Gasteiger partial charge in [0.15, 0.2) is 0 Å². The first-order valence-electron chi connectivity index (χ1n) is 5.91. The maximum atomic E-state index is 12.1. The molecule has 2 heterocycles. The number of hydrogen-bond donors (Lipinski definition) is 1. The van der Waals surface area contributed by atoms with E-state index in [-0.39, 0.29) is 30.5 Å². The number of morpholine rings is 1. The summed E-state index contributed by atoms with van der Waals surface area (Å²) in [6, 6.07) is 0.0593. The first-order valence-corrected chi connectivity index (χ1v) is 5.91. The predicted molar refractivity (Wildman–Crippen MR) is 64.9 cm³/mol. The molecule has 2 fully saturated rings. The van der Waals surface area contributed by atoms with E-state index >= 15 is 0 Å². The van der Waals surface area contributed by atoms with Crippen molar-refractivity contribution >= 4 is 18.3 Å². The minimum Gasteiger partial charge on any atom is -0.375 e. The van der Waals surface area contributed by atoms with Crippen LogP contribution in [-0.4, -0.2) is 49.2 Å². The van der Waals surface area contributed by atoms with Gasteiger partial charge in [-0.1, -0.05) is 6.42 Å². The van der Waals surface area contributed by atoms with Crippen LogP contribution in [0.1, 0.15) is 26.2 Å². The van der Waals surface area contributed by atoms with Crippen LogP contribution < -0.4 is 5.32 Å². The maximum Gasteiger partial charge on any atom is 0.239 e. The van der Waals surface area contributed by atoms with Crippen molar-refractivity contribution in [1.82, 2.24) is 10.2 Å². The van der Waals surface area contributed by atoms with Gasteiger partial charge in [0, 0.05) is 13.1 Å². The van der Waals surface area contributed by atoms with Gasteiger partial charge in [-0.2, -0.15) is 0 Å². The molecule has 2 atom stereocenters. The van der Waals surface area contributed by atoms with Crippen LogP contribution in [0.3, 0.4) is 0 Å². The van der Waals surface area contributed by atoms with E-state index in [1.54, 1.807) is 0 Å².